The average molecular weight is 370 g/mol. The first-order valence-corrected chi connectivity index (χ1v) is 9.40. The van der Waals surface area contributed by atoms with Crippen LogP contribution < -0.4 is 0 Å². The summed E-state index contributed by atoms with van der Waals surface area (Å²) in [6.07, 6.45) is 2.24. The van der Waals surface area contributed by atoms with E-state index in [4.69, 9.17) is 4.74 Å². The van der Waals surface area contributed by atoms with Crippen molar-refractivity contribution >= 4 is 11.6 Å². The average Bonchev–Trinajstić information content (AvgIpc) is 3.06. The van der Waals surface area contributed by atoms with Crippen molar-refractivity contribution in [1.82, 2.24) is 9.38 Å². The third kappa shape index (κ3) is 3.81. The number of nitrogens with zero attached hydrogens (tertiary/aromatic N) is 2. The number of aryl methyl sites for hydroxylation is 1. The van der Waals surface area contributed by atoms with Crippen LogP contribution in [0.3, 0.4) is 0 Å². The minimum absolute atomic E-state index is 0.0295. The SMILES string of the molecule is Cc1nc2ccccn2c1COC(=O)CC(c1ccccc1)c1ccccc1. The molecule has 2 heterocycles. The molecule has 0 saturated heterocycles. The first-order valence-electron chi connectivity index (χ1n) is 9.40. The number of rotatable bonds is 6. The Hall–Kier alpha value is -3.40. The Kier molecular flexibility index (Phi) is 5.20. The monoisotopic (exact) mass is 370 g/mol. The van der Waals surface area contributed by atoms with Crippen molar-refractivity contribution in [1.29, 1.82) is 0 Å². The molecule has 0 atom stereocenters. The molecule has 0 radical (unpaired) electrons. The number of esters is 1. The number of carbonyl (C=O) groups is 1. The van der Waals surface area contributed by atoms with Gasteiger partial charge in [-0.15, -0.1) is 0 Å². The summed E-state index contributed by atoms with van der Waals surface area (Å²) in [6, 6.07) is 26.0. The quantitative estimate of drug-likeness (QED) is 0.453. The van der Waals surface area contributed by atoms with Crippen molar-refractivity contribution in [3.63, 3.8) is 0 Å². The van der Waals surface area contributed by atoms with E-state index in [1.807, 2.05) is 72.1 Å². The fourth-order valence-corrected chi connectivity index (χ4v) is 3.51. The maximum Gasteiger partial charge on any atom is 0.307 e. The van der Waals surface area contributed by atoms with Gasteiger partial charge in [-0.3, -0.25) is 4.79 Å². The molecule has 4 rings (SSSR count). The van der Waals surface area contributed by atoms with Gasteiger partial charge >= 0.3 is 5.97 Å². The largest absolute Gasteiger partial charge is 0.459 e. The molecule has 0 fully saturated rings. The van der Waals surface area contributed by atoms with Crippen LogP contribution in [0.15, 0.2) is 85.1 Å². The highest BCUT2D eigenvalue weighted by molar-refractivity contribution is 5.71. The molecule has 0 aliphatic carbocycles. The predicted octanol–water partition coefficient (Wildman–Crippen LogP) is 4.91. The van der Waals surface area contributed by atoms with Crippen LogP contribution >= 0.6 is 0 Å². The molecule has 0 aliphatic heterocycles. The Morgan fingerprint density at radius 2 is 1.54 bits per heavy atom. The Balaban J connectivity index is 1.51. The highest BCUT2D eigenvalue weighted by Crippen LogP contribution is 2.28. The minimum Gasteiger partial charge on any atom is -0.459 e. The van der Waals surface area contributed by atoms with E-state index in [1.165, 1.54) is 0 Å². The number of ether oxygens (including phenoxy) is 1. The lowest BCUT2D eigenvalue weighted by Crippen LogP contribution is -2.12. The Morgan fingerprint density at radius 3 is 2.18 bits per heavy atom. The van der Waals surface area contributed by atoms with E-state index in [0.29, 0.717) is 6.42 Å². The molecule has 4 aromatic rings. The highest BCUT2D eigenvalue weighted by Gasteiger charge is 2.20. The number of imidazole rings is 1. The second-order valence-electron chi connectivity index (χ2n) is 6.81. The van der Waals surface area contributed by atoms with Gasteiger partial charge in [-0.1, -0.05) is 66.7 Å². The van der Waals surface area contributed by atoms with Crippen LogP contribution in [0.5, 0.6) is 0 Å². The molecular formula is C24H22N2O2. The molecule has 0 saturated carbocycles. The van der Waals surface area contributed by atoms with Crippen LogP contribution in [0.2, 0.25) is 0 Å². The van der Waals surface area contributed by atoms with Crippen LogP contribution in [0.1, 0.15) is 34.9 Å². The molecule has 2 aromatic heterocycles. The van der Waals surface area contributed by atoms with Crippen molar-refractivity contribution in [3.8, 4) is 0 Å². The van der Waals surface area contributed by atoms with E-state index in [0.717, 1.165) is 28.2 Å². The number of hydrogen-bond acceptors (Lipinski definition) is 3. The van der Waals surface area contributed by atoms with Gasteiger partial charge < -0.3 is 9.14 Å². The second kappa shape index (κ2) is 8.09. The molecule has 4 heteroatoms. The Morgan fingerprint density at radius 1 is 0.929 bits per heavy atom. The second-order valence-corrected chi connectivity index (χ2v) is 6.81. The lowest BCUT2D eigenvalue weighted by atomic mass is 9.89. The summed E-state index contributed by atoms with van der Waals surface area (Å²) in [5.41, 5.74) is 4.85. The third-order valence-corrected chi connectivity index (χ3v) is 4.97. The predicted molar refractivity (Wildman–Crippen MR) is 109 cm³/mol. The van der Waals surface area contributed by atoms with Gasteiger partial charge in [-0.25, -0.2) is 4.98 Å². The summed E-state index contributed by atoms with van der Waals surface area (Å²) in [5, 5.41) is 0. The van der Waals surface area contributed by atoms with E-state index in [1.54, 1.807) is 0 Å². The van der Waals surface area contributed by atoms with E-state index in [-0.39, 0.29) is 18.5 Å². The van der Waals surface area contributed by atoms with Gasteiger partial charge in [-0.2, -0.15) is 0 Å². The topological polar surface area (TPSA) is 43.6 Å². The lowest BCUT2D eigenvalue weighted by molar-refractivity contribution is -0.145. The van der Waals surface area contributed by atoms with Crippen LogP contribution in [-0.2, 0) is 16.1 Å². The minimum atomic E-state index is -0.219. The standard InChI is InChI=1S/C24H22N2O2/c1-18-22(26-15-9-8-14-23(26)25-18)17-28-24(27)16-21(19-10-4-2-5-11-19)20-12-6-3-7-13-20/h2-15,21H,16-17H2,1H3. The molecule has 28 heavy (non-hydrogen) atoms. The van der Waals surface area contributed by atoms with Crippen molar-refractivity contribution in [2.45, 2.75) is 25.9 Å². The van der Waals surface area contributed by atoms with Crippen LogP contribution in [0.4, 0.5) is 0 Å². The van der Waals surface area contributed by atoms with Gasteiger partial charge in [-0.05, 0) is 30.2 Å². The zero-order valence-electron chi connectivity index (χ0n) is 15.8. The third-order valence-electron chi connectivity index (χ3n) is 4.97. The van der Waals surface area contributed by atoms with Crippen molar-refractivity contribution in [2.75, 3.05) is 0 Å². The fourth-order valence-electron chi connectivity index (χ4n) is 3.51. The van der Waals surface area contributed by atoms with Gasteiger partial charge in [0.2, 0.25) is 0 Å². The zero-order chi connectivity index (χ0) is 19.3. The summed E-state index contributed by atoms with van der Waals surface area (Å²) in [4.78, 5) is 17.2. The van der Waals surface area contributed by atoms with E-state index < -0.39 is 0 Å². The normalized spacial score (nSPS) is 11.1. The summed E-state index contributed by atoms with van der Waals surface area (Å²) < 4.78 is 7.62. The van der Waals surface area contributed by atoms with Gasteiger partial charge in [0.05, 0.1) is 17.8 Å². The van der Waals surface area contributed by atoms with Gasteiger partial charge in [0, 0.05) is 12.1 Å². The van der Waals surface area contributed by atoms with Gasteiger partial charge in [0.25, 0.3) is 0 Å². The molecule has 0 bridgehead atoms. The number of pyridine rings is 1. The van der Waals surface area contributed by atoms with Crippen LogP contribution in [0, 0.1) is 6.92 Å². The van der Waals surface area contributed by atoms with Crippen molar-refractivity contribution in [3.05, 3.63) is 108 Å². The molecule has 0 N–H and O–H groups in total. The first kappa shape index (κ1) is 18.0. The van der Waals surface area contributed by atoms with Gasteiger partial charge in [0.15, 0.2) is 0 Å². The molecule has 0 spiro atoms. The molecule has 4 nitrogen and oxygen atoms in total. The molecule has 2 aromatic carbocycles. The molecule has 0 unspecified atom stereocenters. The van der Waals surface area contributed by atoms with E-state index in [9.17, 15) is 4.79 Å². The molecule has 0 amide bonds. The number of carbonyl (C=O) groups excluding carboxylic acids is 1. The highest BCUT2D eigenvalue weighted by atomic mass is 16.5. The lowest BCUT2D eigenvalue weighted by Gasteiger charge is -2.17. The maximum absolute atomic E-state index is 12.7. The summed E-state index contributed by atoms with van der Waals surface area (Å²) in [6.45, 7) is 2.15. The number of fused-ring (bicyclic) bond motifs is 1. The molecular weight excluding hydrogens is 348 g/mol. The first-order chi connectivity index (χ1) is 13.7. The number of benzene rings is 2. The Bertz CT molecular complexity index is 1030. The van der Waals surface area contributed by atoms with E-state index >= 15 is 0 Å². The number of aromatic nitrogens is 2. The smallest absolute Gasteiger partial charge is 0.307 e. The molecule has 140 valence electrons. The van der Waals surface area contributed by atoms with Crippen molar-refractivity contribution in [2.24, 2.45) is 0 Å². The summed E-state index contributed by atoms with van der Waals surface area (Å²) >= 11 is 0. The Labute approximate surface area is 164 Å². The van der Waals surface area contributed by atoms with E-state index in [2.05, 4.69) is 29.2 Å². The summed E-state index contributed by atoms with van der Waals surface area (Å²) in [5.74, 6) is -0.249. The fraction of sp³-hybridized carbons (Fsp3) is 0.167. The number of hydrogen-bond donors (Lipinski definition) is 0. The van der Waals surface area contributed by atoms with Crippen molar-refractivity contribution < 1.29 is 9.53 Å². The van der Waals surface area contributed by atoms with Gasteiger partial charge in [0.1, 0.15) is 12.3 Å². The zero-order valence-corrected chi connectivity index (χ0v) is 15.8. The molecule has 0 aliphatic rings. The summed E-state index contributed by atoms with van der Waals surface area (Å²) in [7, 11) is 0. The maximum atomic E-state index is 12.7. The van der Waals surface area contributed by atoms with Crippen LogP contribution in [-0.4, -0.2) is 15.4 Å². The van der Waals surface area contributed by atoms with Crippen LogP contribution in [0.25, 0.3) is 5.65 Å².